The molecule has 0 saturated carbocycles. The first-order valence-electron chi connectivity index (χ1n) is 6.33. The fourth-order valence-electron chi connectivity index (χ4n) is 1.68. The zero-order valence-corrected chi connectivity index (χ0v) is 12.4. The van der Waals surface area contributed by atoms with Gasteiger partial charge >= 0.3 is 12.1 Å². The molecular weight excluding hydrogens is 333 g/mol. The van der Waals surface area contributed by atoms with Crippen LogP contribution in [0, 0.1) is 0 Å². The van der Waals surface area contributed by atoms with Crippen LogP contribution in [-0.4, -0.2) is 25.1 Å². The van der Waals surface area contributed by atoms with Crippen LogP contribution in [-0.2, 0) is 6.18 Å². The number of hydrogen-bond acceptors (Lipinski definition) is 8. The van der Waals surface area contributed by atoms with E-state index in [1.807, 2.05) is 12.3 Å². The molecule has 0 aliphatic carbocycles. The Morgan fingerprint density at radius 2 is 1.96 bits per heavy atom. The lowest BCUT2D eigenvalue weighted by molar-refractivity contribution is -0.159. The van der Waals surface area contributed by atoms with E-state index in [1.165, 1.54) is 23.7 Å². The van der Waals surface area contributed by atoms with E-state index in [0.29, 0.717) is 5.95 Å². The van der Waals surface area contributed by atoms with Crippen molar-refractivity contribution in [2.45, 2.75) is 19.1 Å². The SMILES string of the molecule is CC(Nc1ncc(-c2noc(C(F)(F)F)n2)cn1)c1nccs1. The highest BCUT2D eigenvalue weighted by atomic mass is 32.1. The third-order valence-electron chi connectivity index (χ3n) is 2.75. The van der Waals surface area contributed by atoms with Gasteiger partial charge in [-0.05, 0) is 6.92 Å². The predicted octanol–water partition coefficient (Wildman–Crippen LogP) is 3.18. The number of hydrogen-bond donors (Lipinski definition) is 1. The molecule has 0 saturated heterocycles. The highest BCUT2D eigenvalue weighted by molar-refractivity contribution is 7.09. The van der Waals surface area contributed by atoms with Gasteiger partial charge in [0.25, 0.3) is 0 Å². The zero-order chi connectivity index (χ0) is 16.4. The summed E-state index contributed by atoms with van der Waals surface area (Å²) in [6.07, 6.45) is -0.364. The molecule has 0 aliphatic heterocycles. The Morgan fingerprint density at radius 3 is 2.52 bits per heavy atom. The average Bonchev–Trinajstić information content (AvgIpc) is 3.19. The molecule has 7 nitrogen and oxygen atoms in total. The summed E-state index contributed by atoms with van der Waals surface area (Å²) in [4.78, 5) is 15.5. The molecule has 0 bridgehead atoms. The Bertz CT molecular complexity index is 771. The van der Waals surface area contributed by atoms with Gasteiger partial charge in [-0.2, -0.15) is 18.2 Å². The van der Waals surface area contributed by atoms with E-state index in [-0.39, 0.29) is 17.4 Å². The van der Waals surface area contributed by atoms with Gasteiger partial charge < -0.3 is 9.84 Å². The molecule has 0 fully saturated rings. The molecule has 3 rings (SSSR count). The van der Waals surface area contributed by atoms with Gasteiger partial charge in [0.2, 0.25) is 11.8 Å². The molecule has 1 atom stereocenters. The van der Waals surface area contributed by atoms with Gasteiger partial charge in [0.15, 0.2) is 0 Å². The third kappa shape index (κ3) is 3.44. The lowest BCUT2D eigenvalue weighted by Crippen LogP contribution is -2.09. The molecule has 0 radical (unpaired) electrons. The lowest BCUT2D eigenvalue weighted by atomic mass is 10.3. The minimum atomic E-state index is -4.68. The summed E-state index contributed by atoms with van der Waals surface area (Å²) >= 11 is 1.49. The predicted molar refractivity (Wildman–Crippen MR) is 74.5 cm³/mol. The molecule has 23 heavy (non-hydrogen) atoms. The van der Waals surface area contributed by atoms with Crippen molar-refractivity contribution >= 4 is 17.3 Å². The van der Waals surface area contributed by atoms with Gasteiger partial charge in [-0.15, -0.1) is 11.3 Å². The Labute approximate surface area is 131 Å². The van der Waals surface area contributed by atoms with Gasteiger partial charge in [-0.25, -0.2) is 15.0 Å². The summed E-state index contributed by atoms with van der Waals surface area (Å²) in [5.41, 5.74) is 0.219. The summed E-state index contributed by atoms with van der Waals surface area (Å²) in [7, 11) is 0. The molecule has 3 aromatic rings. The van der Waals surface area contributed by atoms with Crippen molar-refractivity contribution in [3.63, 3.8) is 0 Å². The molecule has 1 N–H and O–H groups in total. The number of anilines is 1. The minimum absolute atomic E-state index is 0.0946. The molecule has 120 valence electrons. The molecule has 0 aliphatic rings. The van der Waals surface area contributed by atoms with Crippen LogP contribution >= 0.6 is 11.3 Å². The Hall–Kier alpha value is -2.56. The van der Waals surface area contributed by atoms with Gasteiger partial charge in [-0.3, -0.25) is 0 Å². The maximum absolute atomic E-state index is 12.4. The maximum atomic E-state index is 12.4. The summed E-state index contributed by atoms with van der Waals surface area (Å²) in [5.74, 6) is -1.32. The van der Waals surface area contributed by atoms with Crippen LogP contribution in [0.3, 0.4) is 0 Å². The van der Waals surface area contributed by atoms with Crippen molar-refractivity contribution in [1.29, 1.82) is 0 Å². The van der Waals surface area contributed by atoms with Crippen molar-refractivity contribution < 1.29 is 17.7 Å². The first-order valence-corrected chi connectivity index (χ1v) is 7.20. The first-order chi connectivity index (χ1) is 10.9. The fourth-order valence-corrected chi connectivity index (χ4v) is 2.32. The van der Waals surface area contributed by atoms with Crippen molar-refractivity contribution in [3.05, 3.63) is 34.9 Å². The monoisotopic (exact) mass is 342 g/mol. The van der Waals surface area contributed by atoms with Crippen LogP contribution < -0.4 is 5.32 Å². The van der Waals surface area contributed by atoms with Crippen LogP contribution in [0.4, 0.5) is 19.1 Å². The Kier molecular flexibility index (Phi) is 3.94. The second kappa shape index (κ2) is 5.91. The maximum Gasteiger partial charge on any atom is 0.471 e. The fraction of sp³-hybridized carbons (Fsp3) is 0.250. The van der Waals surface area contributed by atoms with Crippen LogP contribution in [0.5, 0.6) is 0 Å². The van der Waals surface area contributed by atoms with E-state index < -0.39 is 12.1 Å². The van der Waals surface area contributed by atoms with E-state index in [1.54, 1.807) is 6.20 Å². The number of rotatable bonds is 4. The van der Waals surface area contributed by atoms with Crippen molar-refractivity contribution in [2.75, 3.05) is 5.32 Å². The summed E-state index contributed by atoms with van der Waals surface area (Å²) in [6.45, 7) is 1.89. The normalized spacial score (nSPS) is 13.0. The molecule has 3 aromatic heterocycles. The zero-order valence-electron chi connectivity index (χ0n) is 11.6. The van der Waals surface area contributed by atoms with E-state index in [0.717, 1.165) is 5.01 Å². The molecule has 0 amide bonds. The van der Waals surface area contributed by atoms with Crippen LogP contribution in [0.1, 0.15) is 23.9 Å². The van der Waals surface area contributed by atoms with E-state index in [9.17, 15) is 13.2 Å². The largest absolute Gasteiger partial charge is 0.471 e. The van der Waals surface area contributed by atoms with Crippen LogP contribution in [0.25, 0.3) is 11.4 Å². The van der Waals surface area contributed by atoms with E-state index in [2.05, 4.69) is 34.9 Å². The number of alkyl halides is 3. The molecule has 1 unspecified atom stereocenters. The molecule has 0 aromatic carbocycles. The molecular formula is C12H9F3N6OS. The van der Waals surface area contributed by atoms with E-state index >= 15 is 0 Å². The summed E-state index contributed by atoms with van der Waals surface area (Å²) in [6, 6.07) is -0.0946. The van der Waals surface area contributed by atoms with Gasteiger partial charge in [-0.1, -0.05) is 5.16 Å². The van der Waals surface area contributed by atoms with Gasteiger partial charge in [0, 0.05) is 24.0 Å². The standard InChI is InChI=1S/C12H9F3N6OS/c1-6(9-16-2-3-23-9)19-11-17-4-7(5-18-11)8-20-10(22-21-8)12(13,14)15/h2-6H,1H3,(H,17,18,19). The highest BCUT2D eigenvalue weighted by Gasteiger charge is 2.38. The number of halogens is 3. The van der Waals surface area contributed by atoms with Crippen LogP contribution in [0.15, 0.2) is 28.5 Å². The average molecular weight is 342 g/mol. The lowest BCUT2D eigenvalue weighted by Gasteiger charge is -2.10. The van der Waals surface area contributed by atoms with Crippen molar-refractivity contribution in [1.82, 2.24) is 25.1 Å². The Morgan fingerprint density at radius 1 is 1.22 bits per heavy atom. The minimum Gasteiger partial charge on any atom is -0.345 e. The number of thiazole rings is 1. The Balaban J connectivity index is 1.73. The van der Waals surface area contributed by atoms with Crippen molar-refractivity contribution in [2.24, 2.45) is 0 Å². The van der Waals surface area contributed by atoms with E-state index in [4.69, 9.17) is 0 Å². The topological polar surface area (TPSA) is 89.6 Å². The number of nitrogens with one attached hydrogen (secondary N) is 1. The number of nitrogens with zero attached hydrogens (tertiary/aromatic N) is 5. The quantitative estimate of drug-likeness (QED) is 0.779. The number of aromatic nitrogens is 5. The van der Waals surface area contributed by atoms with Gasteiger partial charge in [0.1, 0.15) is 5.01 Å². The molecule has 0 spiro atoms. The highest BCUT2D eigenvalue weighted by Crippen LogP contribution is 2.29. The smallest absolute Gasteiger partial charge is 0.345 e. The van der Waals surface area contributed by atoms with Gasteiger partial charge in [0.05, 0.1) is 11.6 Å². The molecule has 3 heterocycles. The first kappa shape index (κ1) is 15.3. The van der Waals surface area contributed by atoms with Crippen LogP contribution in [0.2, 0.25) is 0 Å². The summed E-state index contributed by atoms with van der Waals surface area (Å²) < 4.78 is 41.4. The van der Waals surface area contributed by atoms with Crippen molar-refractivity contribution in [3.8, 4) is 11.4 Å². The molecule has 11 heteroatoms. The third-order valence-corrected chi connectivity index (χ3v) is 3.70. The second-order valence-corrected chi connectivity index (χ2v) is 5.38. The second-order valence-electron chi connectivity index (χ2n) is 4.45. The summed E-state index contributed by atoms with van der Waals surface area (Å²) in [5, 5.41) is 9.02.